The molecule has 0 heterocycles. The topological polar surface area (TPSA) is 56.3 Å². The van der Waals surface area contributed by atoms with E-state index in [-0.39, 0.29) is 0 Å². The van der Waals surface area contributed by atoms with Crippen molar-refractivity contribution in [3.63, 3.8) is 0 Å². The fourth-order valence-electron chi connectivity index (χ4n) is 3.65. The quantitative estimate of drug-likeness (QED) is 0.484. The van der Waals surface area contributed by atoms with Crippen molar-refractivity contribution in [1.29, 1.82) is 5.26 Å². The number of hydrogen-bond donors (Lipinski definition) is 1. The van der Waals surface area contributed by atoms with Crippen molar-refractivity contribution >= 4 is 23.5 Å². The molecule has 34 heavy (non-hydrogen) atoms. The van der Waals surface area contributed by atoms with E-state index in [0.717, 1.165) is 30.8 Å². The Morgan fingerprint density at radius 3 is 2.03 bits per heavy atom. The highest BCUT2D eigenvalue weighted by Crippen LogP contribution is 2.19. The summed E-state index contributed by atoms with van der Waals surface area (Å²) in [5.74, 6) is 0. The SMILES string of the molecule is CN(CCN)c1ccc(/C=C/C2=CCC(/C=C/c3ccc(N(C)CCC#N)cc3)=CC=C2)cc1. The first-order valence-corrected chi connectivity index (χ1v) is 11.7. The van der Waals surface area contributed by atoms with E-state index in [4.69, 9.17) is 11.0 Å². The van der Waals surface area contributed by atoms with Gasteiger partial charge >= 0.3 is 0 Å². The summed E-state index contributed by atoms with van der Waals surface area (Å²) in [6.07, 6.45) is 18.7. The molecule has 0 saturated heterocycles. The van der Waals surface area contributed by atoms with Gasteiger partial charge in [0.25, 0.3) is 0 Å². The molecule has 2 N–H and O–H groups in total. The Labute approximate surface area is 204 Å². The Hall–Kier alpha value is -3.81. The van der Waals surface area contributed by atoms with Gasteiger partial charge in [-0.25, -0.2) is 0 Å². The number of nitrogens with zero attached hydrogens (tertiary/aromatic N) is 3. The van der Waals surface area contributed by atoms with Gasteiger partial charge in [0.15, 0.2) is 0 Å². The summed E-state index contributed by atoms with van der Waals surface area (Å²) in [6, 6.07) is 19.2. The van der Waals surface area contributed by atoms with Crippen molar-refractivity contribution < 1.29 is 0 Å². The number of allylic oxidation sites excluding steroid dienone is 8. The first-order valence-electron chi connectivity index (χ1n) is 11.7. The van der Waals surface area contributed by atoms with E-state index in [2.05, 4.69) is 120 Å². The van der Waals surface area contributed by atoms with Crippen LogP contribution in [-0.2, 0) is 0 Å². The molecule has 1 aliphatic carbocycles. The first kappa shape index (κ1) is 24.8. The molecule has 0 amide bonds. The molecule has 3 rings (SSSR count). The van der Waals surface area contributed by atoms with Crippen molar-refractivity contribution in [2.24, 2.45) is 5.73 Å². The van der Waals surface area contributed by atoms with E-state index in [1.54, 1.807) is 0 Å². The van der Waals surface area contributed by atoms with E-state index < -0.39 is 0 Å². The summed E-state index contributed by atoms with van der Waals surface area (Å²) >= 11 is 0. The molecule has 0 unspecified atom stereocenters. The smallest absolute Gasteiger partial charge is 0.0640 e. The van der Waals surface area contributed by atoms with Crippen molar-refractivity contribution in [3.05, 3.63) is 107 Å². The number of rotatable bonds is 10. The zero-order chi connectivity index (χ0) is 24.2. The van der Waals surface area contributed by atoms with Crippen LogP contribution in [0.3, 0.4) is 0 Å². The molecule has 0 bridgehead atoms. The minimum absolute atomic E-state index is 0.531. The number of likely N-dealkylation sites (N-methyl/N-ethyl adjacent to an activating group) is 1. The van der Waals surface area contributed by atoms with Crippen LogP contribution in [0, 0.1) is 11.3 Å². The minimum Gasteiger partial charge on any atom is -0.374 e. The molecule has 2 aromatic carbocycles. The highest BCUT2D eigenvalue weighted by molar-refractivity contribution is 5.61. The standard InChI is InChI=1S/C30H34N4/c1-33(23-4-21-31)29-17-13-27(14-18-29)11-9-25-5-3-6-26(8-7-25)10-12-28-15-19-30(20-16-28)34(2)24-22-32/h3,5-6,8-20H,4,7,22-24,32H2,1-2H3/b11-9+,12-10+. The van der Waals surface area contributed by atoms with Crippen LogP contribution in [0.1, 0.15) is 24.0 Å². The van der Waals surface area contributed by atoms with Gasteiger partial charge in [-0.2, -0.15) is 5.26 Å². The Bertz CT molecular complexity index is 1110. The Balaban J connectivity index is 1.55. The third kappa shape index (κ3) is 7.65. The van der Waals surface area contributed by atoms with Gasteiger partial charge in [0.05, 0.1) is 12.5 Å². The van der Waals surface area contributed by atoms with Gasteiger partial charge in [-0.3, -0.25) is 0 Å². The molecule has 0 aliphatic heterocycles. The zero-order valence-electron chi connectivity index (χ0n) is 20.2. The van der Waals surface area contributed by atoms with Gasteiger partial charge in [-0.1, -0.05) is 72.9 Å². The maximum atomic E-state index is 8.75. The van der Waals surface area contributed by atoms with Crippen LogP contribution in [-0.4, -0.2) is 33.7 Å². The predicted octanol–water partition coefficient (Wildman–Crippen LogP) is 5.97. The number of nitriles is 1. The Morgan fingerprint density at radius 1 is 0.853 bits per heavy atom. The van der Waals surface area contributed by atoms with Gasteiger partial charge in [0.2, 0.25) is 0 Å². The van der Waals surface area contributed by atoms with Gasteiger partial charge in [-0.05, 0) is 53.0 Å². The van der Waals surface area contributed by atoms with Crippen LogP contribution in [0.5, 0.6) is 0 Å². The van der Waals surface area contributed by atoms with E-state index in [1.165, 1.54) is 22.4 Å². The average Bonchev–Trinajstić information content (AvgIpc) is 3.10. The molecule has 0 fully saturated rings. The van der Waals surface area contributed by atoms with Crippen LogP contribution in [0.4, 0.5) is 11.4 Å². The monoisotopic (exact) mass is 450 g/mol. The van der Waals surface area contributed by atoms with E-state index >= 15 is 0 Å². The van der Waals surface area contributed by atoms with Crippen LogP contribution in [0.25, 0.3) is 12.2 Å². The largest absolute Gasteiger partial charge is 0.374 e. The predicted molar refractivity (Wildman–Crippen MR) is 147 cm³/mol. The normalized spacial score (nSPS) is 13.5. The fourth-order valence-corrected chi connectivity index (χ4v) is 3.65. The summed E-state index contributed by atoms with van der Waals surface area (Å²) in [7, 11) is 4.07. The lowest BCUT2D eigenvalue weighted by atomic mass is 10.1. The molecule has 4 heteroatoms. The van der Waals surface area contributed by atoms with Gasteiger partial charge in [0, 0.05) is 45.1 Å². The molecule has 0 spiro atoms. The lowest BCUT2D eigenvalue weighted by Gasteiger charge is -2.18. The summed E-state index contributed by atoms with van der Waals surface area (Å²) in [5, 5.41) is 8.75. The molecule has 174 valence electrons. The summed E-state index contributed by atoms with van der Waals surface area (Å²) in [6.45, 7) is 2.24. The Morgan fingerprint density at radius 2 is 1.44 bits per heavy atom. The van der Waals surface area contributed by atoms with Gasteiger partial charge in [-0.15, -0.1) is 0 Å². The lowest BCUT2D eigenvalue weighted by molar-refractivity contribution is 0.886. The Kier molecular flexibility index (Phi) is 9.52. The van der Waals surface area contributed by atoms with Crippen LogP contribution in [0.2, 0.25) is 0 Å². The minimum atomic E-state index is 0.531. The number of nitrogens with two attached hydrogens (primary N) is 1. The second-order valence-corrected chi connectivity index (χ2v) is 8.40. The molecular formula is C30H34N4. The molecule has 0 atom stereocenters. The van der Waals surface area contributed by atoms with Crippen LogP contribution < -0.4 is 15.5 Å². The van der Waals surface area contributed by atoms with E-state index in [9.17, 15) is 0 Å². The maximum Gasteiger partial charge on any atom is 0.0640 e. The maximum absolute atomic E-state index is 8.75. The second-order valence-electron chi connectivity index (χ2n) is 8.40. The van der Waals surface area contributed by atoms with Crippen LogP contribution in [0.15, 0.2) is 96.1 Å². The van der Waals surface area contributed by atoms with Crippen LogP contribution >= 0.6 is 0 Å². The molecule has 4 nitrogen and oxygen atoms in total. The number of anilines is 2. The number of hydrogen-bond acceptors (Lipinski definition) is 4. The summed E-state index contributed by atoms with van der Waals surface area (Å²) in [4.78, 5) is 4.26. The van der Waals surface area contributed by atoms with Crippen molar-refractivity contribution in [2.75, 3.05) is 43.5 Å². The molecule has 0 radical (unpaired) electrons. The lowest BCUT2D eigenvalue weighted by Crippen LogP contribution is -2.24. The van der Waals surface area contributed by atoms with E-state index in [0.29, 0.717) is 13.0 Å². The highest BCUT2D eigenvalue weighted by Gasteiger charge is 2.01. The molecular weight excluding hydrogens is 416 g/mol. The van der Waals surface area contributed by atoms with Gasteiger partial charge < -0.3 is 15.5 Å². The molecule has 1 aliphatic rings. The summed E-state index contributed by atoms with van der Waals surface area (Å²) in [5.41, 5.74) is 12.8. The third-order valence-electron chi connectivity index (χ3n) is 5.82. The molecule has 2 aromatic rings. The third-order valence-corrected chi connectivity index (χ3v) is 5.82. The van der Waals surface area contributed by atoms with Crippen molar-refractivity contribution in [1.82, 2.24) is 0 Å². The highest BCUT2D eigenvalue weighted by atomic mass is 15.1. The molecule has 0 saturated carbocycles. The van der Waals surface area contributed by atoms with Gasteiger partial charge in [0.1, 0.15) is 0 Å². The zero-order valence-corrected chi connectivity index (χ0v) is 20.2. The molecule has 0 aromatic heterocycles. The summed E-state index contributed by atoms with van der Waals surface area (Å²) < 4.78 is 0. The average molecular weight is 451 g/mol. The van der Waals surface area contributed by atoms with Crippen molar-refractivity contribution in [3.8, 4) is 6.07 Å². The first-order chi connectivity index (χ1) is 16.6. The van der Waals surface area contributed by atoms with E-state index in [1.807, 2.05) is 7.05 Å². The second kappa shape index (κ2) is 13.0. The number of benzene rings is 2. The fraction of sp³-hybridized carbons (Fsp3) is 0.233. The van der Waals surface area contributed by atoms with Crippen molar-refractivity contribution in [2.45, 2.75) is 12.8 Å².